The summed E-state index contributed by atoms with van der Waals surface area (Å²) < 4.78 is 12.0. The van der Waals surface area contributed by atoms with Crippen LogP contribution in [0, 0.1) is 0 Å². The lowest BCUT2D eigenvalue weighted by Gasteiger charge is -2.15. The molecule has 2 N–H and O–H groups in total. The largest absolute Gasteiger partial charge is 0.495 e. The maximum absolute atomic E-state index is 11.1. The zero-order valence-corrected chi connectivity index (χ0v) is 15.2. The molecular weight excluding hydrogens is 374 g/mol. The molecule has 0 spiro atoms. The van der Waals surface area contributed by atoms with Crippen molar-refractivity contribution in [2.45, 2.75) is 19.9 Å². The average molecular weight is 394 g/mol. The van der Waals surface area contributed by atoms with Crippen LogP contribution in [0.15, 0.2) is 40.9 Å². The van der Waals surface area contributed by atoms with Gasteiger partial charge >= 0.3 is 5.97 Å². The Balaban J connectivity index is 2.22. The standard InChI is InChI=1S/C18H20BrNO4/c1-3-8-24-16-7-5-14(19)9-13(16)11-20-15-10-12(18(21)22)4-6-17(15)23-2/h4-7,9-10,20H,3,8,11H2,1-2H3,(H,21,22). The second-order valence-corrected chi connectivity index (χ2v) is 6.09. The van der Waals surface area contributed by atoms with Gasteiger partial charge in [-0.3, -0.25) is 0 Å². The molecule has 0 aromatic heterocycles. The van der Waals surface area contributed by atoms with Crippen molar-refractivity contribution < 1.29 is 19.4 Å². The number of ether oxygens (including phenoxy) is 2. The van der Waals surface area contributed by atoms with Crippen LogP contribution >= 0.6 is 15.9 Å². The van der Waals surface area contributed by atoms with Gasteiger partial charge in [-0.2, -0.15) is 0 Å². The lowest BCUT2D eigenvalue weighted by molar-refractivity contribution is 0.0697. The molecule has 24 heavy (non-hydrogen) atoms. The van der Waals surface area contributed by atoms with Crippen molar-refractivity contribution in [2.75, 3.05) is 19.0 Å². The quantitative estimate of drug-likeness (QED) is 0.687. The summed E-state index contributed by atoms with van der Waals surface area (Å²) in [5.74, 6) is 0.419. The molecule has 0 bridgehead atoms. The fraction of sp³-hybridized carbons (Fsp3) is 0.278. The highest BCUT2D eigenvalue weighted by Crippen LogP contribution is 2.29. The molecule has 2 aromatic carbocycles. The van der Waals surface area contributed by atoms with E-state index in [1.54, 1.807) is 19.2 Å². The van der Waals surface area contributed by atoms with Crippen molar-refractivity contribution >= 4 is 27.6 Å². The predicted molar refractivity (Wildman–Crippen MR) is 97.2 cm³/mol. The van der Waals surface area contributed by atoms with Crippen molar-refractivity contribution in [2.24, 2.45) is 0 Å². The first-order chi connectivity index (χ1) is 11.5. The Hall–Kier alpha value is -2.21. The van der Waals surface area contributed by atoms with Gasteiger partial charge in [-0.25, -0.2) is 4.79 Å². The highest BCUT2D eigenvalue weighted by atomic mass is 79.9. The average Bonchev–Trinajstić information content (AvgIpc) is 2.58. The van der Waals surface area contributed by atoms with Crippen molar-refractivity contribution in [3.63, 3.8) is 0 Å². The molecule has 0 saturated carbocycles. The molecule has 5 nitrogen and oxygen atoms in total. The number of anilines is 1. The normalized spacial score (nSPS) is 10.3. The Morgan fingerprint density at radius 1 is 1.21 bits per heavy atom. The molecule has 0 aliphatic rings. The van der Waals surface area contributed by atoms with Gasteiger partial charge in [0.15, 0.2) is 0 Å². The van der Waals surface area contributed by atoms with Gasteiger partial charge in [-0.15, -0.1) is 0 Å². The molecule has 0 radical (unpaired) electrons. The smallest absolute Gasteiger partial charge is 0.335 e. The molecule has 6 heteroatoms. The summed E-state index contributed by atoms with van der Waals surface area (Å²) in [6.45, 7) is 3.18. The second kappa shape index (κ2) is 8.59. The molecule has 0 heterocycles. The number of nitrogens with one attached hydrogen (secondary N) is 1. The van der Waals surface area contributed by atoms with Crippen molar-refractivity contribution in [3.05, 3.63) is 52.0 Å². The van der Waals surface area contributed by atoms with Gasteiger partial charge in [-0.05, 0) is 42.8 Å². The minimum absolute atomic E-state index is 0.204. The van der Waals surface area contributed by atoms with E-state index < -0.39 is 5.97 Å². The Labute approximate surface area is 149 Å². The first kappa shape index (κ1) is 18.1. The van der Waals surface area contributed by atoms with E-state index in [9.17, 15) is 4.79 Å². The van der Waals surface area contributed by atoms with Crippen LogP contribution in [0.25, 0.3) is 0 Å². The molecule has 0 aliphatic carbocycles. The van der Waals surface area contributed by atoms with E-state index in [-0.39, 0.29) is 5.56 Å². The Bertz CT molecular complexity index is 718. The van der Waals surface area contributed by atoms with Crippen LogP contribution in [0.5, 0.6) is 11.5 Å². The molecule has 0 amide bonds. The second-order valence-electron chi connectivity index (χ2n) is 5.17. The Kier molecular flexibility index (Phi) is 6.49. The fourth-order valence-electron chi connectivity index (χ4n) is 2.21. The molecule has 128 valence electrons. The summed E-state index contributed by atoms with van der Waals surface area (Å²) in [5.41, 5.74) is 1.80. The maximum Gasteiger partial charge on any atom is 0.335 e. The number of hydrogen-bond acceptors (Lipinski definition) is 4. The topological polar surface area (TPSA) is 67.8 Å². The first-order valence-corrected chi connectivity index (χ1v) is 8.41. The van der Waals surface area contributed by atoms with Gasteiger partial charge < -0.3 is 19.9 Å². The number of hydrogen-bond donors (Lipinski definition) is 2. The number of carbonyl (C=O) groups is 1. The summed E-state index contributed by atoms with van der Waals surface area (Å²) in [6.07, 6.45) is 0.928. The van der Waals surface area contributed by atoms with Gasteiger partial charge in [0.1, 0.15) is 11.5 Å². The molecule has 0 atom stereocenters. The van der Waals surface area contributed by atoms with Crippen molar-refractivity contribution in [1.29, 1.82) is 0 Å². The molecule has 0 fully saturated rings. The highest BCUT2D eigenvalue weighted by molar-refractivity contribution is 9.10. The first-order valence-electron chi connectivity index (χ1n) is 7.61. The monoisotopic (exact) mass is 393 g/mol. The number of carboxylic acids is 1. The minimum Gasteiger partial charge on any atom is -0.495 e. The number of aromatic carboxylic acids is 1. The van der Waals surface area contributed by atoms with E-state index in [0.717, 1.165) is 22.2 Å². The number of halogens is 1. The van der Waals surface area contributed by atoms with Crippen LogP contribution in [0.4, 0.5) is 5.69 Å². The van der Waals surface area contributed by atoms with Crippen LogP contribution in [-0.4, -0.2) is 24.8 Å². The summed E-state index contributed by atoms with van der Waals surface area (Å²) in [7, 11) is 1.55. The van der Waals surface area contributed by atoms with Crippen LogP contribution < -0.4 is 14.8 Å². The van der Waals surface area contributed by atoms with Gasteiger partial charge in [0.25, 0.3) is 0 Å². The maximum atomic E-state index is 11.1. The third kappa shape index (κ3) is 4.64. The SMILES string of the molecule is CCCOc1ccc(Br)cc1CNc1cc(C(=O)O)ccc1OC. The molecule has 0 unspecified atom stereocenters. The fourth-order valence-corrected chi connectivity index (χ4v) is 2.62. The summed E-state index contributed by atoms with van der Waals surface area (Å²) in [5, 5.41) is 12.4. The Morgan fingerprint density at radius 2 is 1.96 bits per heavy atom. The van der Waals surface area contributed by atoms with Crippen molar-refractivity contribution in [1.82, 2.24) is 0 Å². The van der Waals surface area contributed by atoms with E-state index in [2.05, 4.69) is 28.2 Å². The predicted octanol–water partition coefficient (Wildman–Crippen LogP) is 4.56. The van der Waals surface area contributed by atoms with Crippen LogP contribution in [0.1, 0.15) is 29.3 Å². The van der Waals surface area contributed by atoms with Gasteiger partial charge in [-0.1, -0.05) is 22.9 Å². The molecule has 0 aliphatic heterocycles. The lowest BCUT2D eigenvalue weighted by Crippen LogP contribution is -2.06. The molecule has 2 aromatic rings. The highest BCUT2D eigenvalue weighted by Gasteiger charge is 2.10. The summed E-state index contributed by atoms with van der Waals surface area (Å²) in [6, 6.07) is 10.5. The van der Waals surface area contributed by atoms with Crippen LogP contribution in [0.3, 0.4) is 0 Å². The lowest BCUT2D eigenvalue weighted by atomic mass is 10.1. The number of rotatable bonds is 8. The van der Waals surface area contributed by atoms with Crippen LogP contribution in [-0.2, 0) is 6.54 Å². The van der Waals surface area contributed by atoms with E-state index in [0.29, 0.717) is 24.6 Å². The Morgan fingerprint density at radius 3 is 2.62 bits per heavy atom. The molecular formula is C18H20BrNO4. The van der Waals surface area contributed by atoms with E-state index in [1.807, 2.05) is 18.2 Å². The minimum atomic E-state index is -0.977. The number of methoxy groups -OCH3 is 1. The van der Waals surface area contributed by atoms with E-state index in [1.165, 1.54) is 6.07 Å². The molecule has 2 rings (SSSR count). The third-order valence-corrected chi connectivity index (χ3v) is 3.89. The zero-order valence-electron chi connectivity index (χ0n) is 13.6. The summed E-state index contributed by atoms with van der Waals surface area (Å²) in [4.78, 5) is 11.1. The third-order valence-electron chi connectivity index (χ3n) is 3.40. The van der Waals surface area contributed by atoms with Gasteiger partial charge in [0.2, 0.25) is 0 Å². The number of benzene rings is 2. The zero-order chi connectivity index (χ0) is 17.5. The van der Waals surface area contributed by atoms with Gasteiger partial charge in [0, 0.05) is 16.6 Å². The number of carboxylic acid groups (broad SMARTS) is 1. The van der Waals surface area contributed by atoms with Crippen LogP contribution in [0.2, 0.25) is 0 Å². The van der Waals surface area contributed by atoms with Gasteiger partial charge in [0.05, 0.1) is 25.0 Å². The molecule has 0 saturated heterocycles. The van der Waals surface area contributed by atoms with E-state index in [4.69, 9.17) is 14.6 Å². The summed E-state index contributed by atoms with van der Waals surface area (Å²) >= 11 is 3.46. The van der Waals surface area contributed by atoms with E-state index >= 15 is 0 Å². The van der Waals surface area contributed by atoms with Crippen molar-refractivity contribution in [3.8, 4) is 11.5 Å².